The molecule has 0 amide bonds. The average molecular weight is 200 g/mol. The zero-order valence-corrected chi connectivity index (χ0v) is 9.54. The van der Waals surface area contributed by atoms with Gasteiger partial charge < -0.3 is 9.90 Å². The maximum absolute atomic E-state index is 10.7. The molecule has 0 aliphatic heterocycles. The molecule has 2 atom stereocenters. The number of hydrogen-bond donors (Lipinski definition) is 1. The molecule has 0 aliphatic carbocycles. The molecule has 0 saturated carbocycles. The summed E-state index contributed by atoms with van der Waals surface area (Å²) < 4.78 is 0. The minimum atomic E-state index is -0.411. The summed E-state index contributed by atoms with van der Waals surface area (Å²) in [5.41, 5.74) is 0. The Balaban J connectivity index is 3.67. The maximum atomic E-state index is 10.7. The highest BCUT2D eigenvalue weighted by Gasteiger charge is 2.16. The zero-order valence-electron chi connectivity index (χ0n) is 9.54. The van der Waals surface area contributed by atoms with E-state index in [0.717, 1.165) is 51.2 Å². The molecule has 14 heavy (non-hydrogen) atoms. The molecule has 1 N–H and O–H groups in total. The normalized spacial score (nSPS) is 15.1. The third-order valence-corrected chi connectivity index (χ3v) is 2.66. The predicted molar refractivity (Wildman–Crippen MR) is 59.2 cm³/mol. The van der Waals surface area contributed by atoms with Crippen LogP contribution in [0.15, 0.2) is 0 Å². The molecule has 0 aromatic carbocycles. The van der Waals surface area contributed by atoms with Crippen molar-refractivity contribution >= 4 is 6.29 Å². The second-order valence-electron chi connectivity index (χ2n) is 4.01. The molecule has 0 fully saturated rings. The summed E-state index contributed by atoms with van der Waals surface area (Å²) in [6.45, 7) is 4.24. The van der Waals surface area contributed by atoms with Crippen molar-refractivity contribution in [1.29, 1.82) is 0 Å². The highest BCUT2D eigenvalue weighted by molar-refractivity contribution is 5.54. The molecule has 0 spiro atoms. The van der Waals surface area contributed by atoms with Gasteiger partial charge in [0, 0.05) is 5.92 Å². The van der Waals surface area contributed by atoms with E-state index in [2.05, 4.69) is 13.8 Å². The average Bonchev–Trinajstić information content (AvgIpc) is 2.19. The van der Waals surface area contributed by atoms with Crippen LogP contribution in [0.1, 0.15) is 58.8 Å². The van der Waals surface area contributed by atoms with Gasteiger partial charge in [-0.05, 0) is 12.8 Å². The van der Waals surface area contributed by atoms with Crippen molar-refractivity contribution in [1.82, 2.24) is 0 Å². The van der Waals surface area contributed by atoms with Gasteiger partial charge in [-0.25, -0.2) is 0 Å². The minimum absolute atomic E-state index is 0.133. The van der Waals surface area contributed by atoms with Gasteiger partial charge in [0.25, 0.3) is 0 Å². The second kappa shape index (κ2) is 9.20. The van der Waals surface area contributed by atoms with Gasteiger partial charge in [-0.2, -0.15) is 0 Å². The molecule has 0 aliphatic rings. The van der Waals surface area contributed by atoms with E-state index in [-0.39, 0.29) is 5.92 Å². The minimum Gasteiger partial charge on any atom is -0.392 e. The summed E-state index contributed by atoms with van der Waals surface area (Å²) in [5, 5.41) is 9.73. The fourth-order valence-corrected chi connectivity index (χ4v) is 1.61. The predicted octanol–water partition coefficient (Wildman–Crippen LogP) is 2.93. The van der Waals surface area contributed by atoms with Crippen LogP contribution in [0.3, 0.4) is 0 Å². The smallest absolute Gasteiger partial charge is 0.125 e. The van der Waals surface area contributed by atoms with E-state index in [4.69, 9.17) is 0 Å². The number of carbonyl (C=O) groups is 1. The number of hydrogen-bond acceptors (Lipinski definition) is 2. The summed E-state index contributed by atoms with van der Waals surface area (Å²) in [7, 11) is 0. The van der Waals surface area contributed by atoms with Crippen LogP contribution in [0.4, 0.5) is 0 Å². The highest BCUT2D eigenvalue weighted by Crippen LogP contribution is 2.16. The molecule has 0 heterocycles. The number of carbonyl (C=O) groups excluding carboxylic acids is 1. The third kappa shape index (κ3) is 6.14. The van der Waals surface area contributed by atoms with E-state index in [1.54, 1.807) is 0 Å². The van der Waals surface area contributed by atoms with Gasteiger partial charge in [-0.1, -0.05) is 46.0 Å². The van der Waals surface area contributed by atoms with Gasteiger partial charge in [0.1, 0.15) is 6.29 Å². The summed E-state index contributed by atoms with van der Waals surface area (Å²) in [6, 6.07) is 0. The molecular weight excluding hydrogens is 176 g/mol. The van der Waals surface area contributed by atoms with Crippen molar-refractivity contribution in [3.63, 3.8) is 0 Å². The number of aliphatic hydroxyl groups is 1. The summed E-state index contributed by atoms with van der Waals surface area (Å²) in [6.07, 6.45) is 7.60. The molecular formula is C12H24O2. The largest absolute Gasteiger partial charge is 0.392 e. The summed E-state index contributed by atoms with van der Waals surface area (Å²) in [5.74, 6) is -0.133. The molecule has 0 saturated heterocycles. The first-order valence-electron chi connectivity index (χ1n) is 5.89. The van der Waals surface area contributed by atoms with Crippen LogP contribution in [-0.2, 0) is 4.79 Å². The Hall–Kier alpha value is -0.370. The Labute approximate surface area is 87.7 Å². The molecule has 0 radical (unpaired) electrons. The van der Waals surface area contributed by atoms with E-state index >= 15 is 0 Å². The zero-order chi connectivity index (χ0) is 10.8. The lowest BCUT2D eigenvalue weighted by Crippen LogP contribution is -2.21. The molecule has 0 aromatic heterocycles. The van der Waals surface area contributed by atoms with Gasteiger partial charge in [-0.3, -0.25) is 0 Å². The van der Waals surface area contributed by atoms with Crippen molar-refractivity contribution < 1.29 is 9.90 Å². The van der Waals surface area contributed by atoms with Crippen molar-refractivity contribution in [2.75, 3.05) is 0 Å². The lowest BCUT2D eigenvalue weighted by molar-refractivity contribution is -0.114. The lowest BCUT2D eigenvalue weighted by Gasteiger charge is -2.16. The fraction of sp³-hybridized carbons (Fsp3) is 0.917. The number of rotatable bonds is 9. The summed E-state index contributed by atoms with van der Waals surface area (Å²) in [4.78, 5) is 10.7. The molecule has 84 valence electrons. The van der Waals surface area contributed by atoms with Gasteiger partial charge in [-0.15, -0.1) is 0 Å². The van der Waals surface area contributed by atoms with E-state index in [9.17, 15) is 9.90 Å². The van der Waals surface area contributed by atoms with Crippen LogP contribution in [0.5, 0.6) is 0 Å². The molecule has 0 aromatic rings. The van der Waals surface area contributed by atoms with Crippen molar-refractivity contribution in [2.45, 2.75) is 64.9 Å². The Kier molecular flexibility index (Phi) is 8.95. The van der Waals surface area contributed by atoms with E-state index in [0.29, 0.717) is 0 Å². The number of unbranched alkanes of at least 4 members (excludes halogenated alkanes) is 3. The van der Waals surface area contributed by atoms with E-state index in [1.165, 1.54) is 0 Å². The van der Waals surface area contributed by atoms with Gasteiger partial charge >= 0.3 is 0 Å². The van der Waals surface area contributed by atoms with Crippen LogP contribution in [0.25, 0.3) is 0 Å². The quantitative estimate of drug-likeness (QED) is 0.459. The van der Waals surface area contributed by atoms with E-state index in [1.807, 2.05) is 0 Å². The Bertz CT molecular complexity index is 134. The first-order chi connectivity index (χ1) is 6.76. The Morgan fingerprint density at radius 3 is 2.21 bits per heavy atom. The number of aliphatic hydroxyl groups excluding tert-OH is 1. The SMILES string of the molecule is CCCCCC(O)C(C=O)CCCC. The van der Waals surface area contributed by atoms with Crippen LogP contribution >= 0.6 is 0 Å². The molecule has 0 rings (SSSR count). The monoisotopic (exact) mass is 200 g/mol. The second-order valence-corrected chi connectivity index (χ2v) is 4.01. The van der Waals surface area contributed by atoms with Crippen LogP contribution in [0.2, 0.25) is 0 Å². The topological polar surface area (TPSA) is 37.3 Å². The van der Waals surface area contributed by atoms with Crippen LogP contribution < -0.4 is 0 Å². The standard InChI is InChI=1S/C12H24O2/c1-3-5-7-9-12(14)11(10-13)8-6-4-2/h10-12,14H,3-9H2,1-2H3. The van der Waals surface area contributed by atoms with Crippen molar-refractivity contribution in [3.8, 4) is 0 Å². The van der Waals surface area contributed by atoms with Gasteiger partial charge in [0.2, 0.25) is 0 Å². The molecule has 0 bridgehead atoms. The molecule has 2 unspecified atom stereocenters. The van der Waals surface area contributed by atoms with Crippen molar-refractivity contribution in [2.24, 2.45) is 5.92 Å². The lowest BCUT2D eigenvalue weighted by atomic mass is 9.94. The maximum Gasteiger partial charge on any atom is 0.125 e. The van der Waals surface area contributed by atoms with Crippen LogP contribution in [0, 0.1) is 5.92 Å². The Morgan fingerprint density at radius 2 is 1.71 bits per heavy atom. The highest BCUT2D eigenvalue weighted by atomic mass is 16.3. The summed E-state index contributed by atoms with van der Waals surface area (Å²) >= 11 is 0. The first kappa shape index (κ1) is 13.6. The molecule has 2 heteroatoms. The third-order valence-electron chi connectivity index (χ3n) is 2.66. The van der Waals surface area contributed by atoms with Gasteiger partial charge in [0.05, 0.1) is 6.10 Å². The first-order valence-corrected chi connectivity index (χ1v) is 5.89. The van der Waals surface area contributed by atoms with Crippen LogP contribution in [-0.4, -0.2) is 17.5 Å². The molecule has 2 nitrogen and oxygen atoms in total. The number of aldehydes is 1. The van der Waals surface area contributed by atoms with Gasteiger partial charge in [0.15, 0.2) is 0 Å². The van der Waals surface area contributed by atoms with Crippen molar-refractivity contribution in [3.05, 3.63) is 0 Å². The fourth-order valence-electron chi connectivity index (χ4n) is 1.61. The van der Waals surface area contributed by atoms with E-state index < -0.39 is 6.10 Å². The Morgan fingerprint density at radius 1 is 1.07 bits per heavy atom.